The molecule has 20 heavy (non-hydrogen) atoms. The minimum atomic E-state index is -4.53. The van der Waals surface area contributed by atoms with E-state index in [0.29, 0.717) is 5.56 Å². The van der Waals surface area contributed by atoms with Gasteiger partial charge in [-0.1, -0.05) is 43.7 Å². The number of halogens is 3. The van der Waals surface area contributed by atoms with Crippen molar-refractivity contribution in [2.45, 2.75) is 32.5 Å². The van der Waals surface area contributed by atoms with E-state index in [1.54, 1.807) is 37.3 Å². The maximum absolute atomic E-state index is 12.7. The number of hydrogen-bond acceptors (Lipinski definition) is 3. The molecule has 0 heterocycles. The Morgan fingerprint density at radius 2 is 1.80 bits per heavy atom. The van der Waals surface area contributed by atoms with Crippen molar-refractivity contribution in [1.82, 2.24) is 0 Å². The van der Waals surface area contributed by atoms with Crippen molar-refractivity contribution in [2.24, 2.45) is 5.92 Å². The Morgan fingerprint density at radius 1 is 1.20 bits per heavy atom. The molecule has 0 radical (unpaired) electrons. The molecular weight excluding hydrogens is 293 g/mol. The first-order valence-electron chi connectivity index (χ1n) is 6.22. The van der Waals surface area contributed by atoms with Crippen molar-refractivity contribution in [1.29, 1.82) is 0 Å². The molecule has 0 saturated heterocycles. The molecule has 0 aliphatic carbocycles. The van der Waals surface area contributed by atoms with Crippen molar-refractivity contribution < 1.29 is 25.8 Å². The minimum absolute atomic E-state index is 0.225. The summed E-state index contributed by atoms with van der Waals surface area (Å²) in [4.78, 5) is 0. The van der Waals surface area contributed by atoms with Crippen LogP contribution in [-0.4, -0.2) is 20.3 Å². The highest BCUT2D eigenvalue weighted by atomic mass is 32.2. The van der Waals surface area contributed by atoms with Crippen LogP contribution in [0.4, 0.5) is 13.2 Å². The summed E-state index contributed by atoms with van der Waals surface area (Å²) in [6.45, 7) is 1.33. The van der Waals surface area contributed by atoms with Crippen LogP contribution in [0, 0.1) is 5.92 Å². The second-order valence-corrected chi connectivity index (χ2v) is 6.18. The van der Waals surface area contributed by atoms with Gasteiger partial charge in [0.1, 0.15) is 0 Å². The van der Waals surface area contributed by atoms with Crippen LogP contribution in [0.3, 0.4) is 0 Å². The van der Waals surface area contributed by atoms with Gasteiger partial charge in [-0.3, -0.25) is 4.18 Å². The van der Waals surface area contributed by atoms with Crippen molar-refractivity contribution >= 4 is 10.1 Å². The molecule has 0 bridgehead atoms. The predicted molar refractivity (Wildman–Crippen MR) is 69.5 cm³/mol. The van der Waals surface area contributed by atoms with Crippen molar-refractivity contribution in [3.05, 3.63) is 35.9 Å². The number of benzene rings is 1. The monoisotopic (exact) mass is 310 g/mol. The van der Waals surface area contributed by atoms with Crippen LogP contribution in [0.1, 0.15) is 25.3 Å². The van der Waals surface area contributed by atoms with Gasteiger partial charge in [0.25, 0.3) is 10.1 Å². The summed E-state index contributed by atoms with van der Waals surface area (Å²) < 4.78 is 65.9. The van der Waals surface area contributed by atoms with Crippen LogP contribution in [0.25, 0.3) is 0 Å². The third kappa shape index (κ3) is 5.92. The zero-order valence-corrected chi connectivity index (χ0v) is 11.9. The molecule has 3 nitrogen and oxygen atoms in total. The van der Waals surface area contributed by atoms with E-state index in [1.807, 2.05) is 0 Å². The van der Waals surface area contributed by atoms with Crippen molar-refractivity contribution in [2.75, 3.05) is 5.75 Å². The van der Waals surface area contributed by atoms with Crippen LogP contribution >= 0.6 is 0 Å². The van der Waals surface area contributed by atoms with E-state index >= 15 is 0 Å². The first kappa shape index (κ1) is 17.0. The van der Waals surface area contributed by atoms with Crippen LogP contribution in [-0.2, 0) is 20.9 Å². The molecule has 1 aromatic rings. The second-order valence-electron chi connectivity index (χ2n) is 4.50. The highest BCUT2D eigenvalue weighted by molar-refractivity contribution is 7.86. The standard InChI is InChI=1S/C13H17F3O3S/c1-2-6-12(13(14,15)16)10-20(17,18)19-9-11-7-4-3-5-8-11/h3-5,7-8,12H,2,6,9-10H2,1H3. The first-order valence-corrected chi connectivity index (χ1v) is 7.80. The molecule has 114 valence electrons. The molecule has 0 aromatic heterocycles. The number of rotatable bonds is 7. The Balaban J connectivity index is 2.64. The SMILES string of the molecule is CCCC(CS(=O)(=O)OCc1ccccc1)C(F)(F)F. The number of hydrogen-bond donors (Lipinski definition) is 0. The molecule has 0 amide bonds. The lowest BCUT2D eigenvalue weighted by atomic mass is 10.1. The van der Waals surface area contributed by atoms with Gasteiger partial charge in [-0.2, -0.15) is 21.6 Å². The fraction of sp³-hybridized carbons (Fsp3) is 0.538. The summed E-state index contributed by atoms with van der Waals surface area (Å²) >= 11 is 0. The Kier molecular flexibility index (Phi) is 6.01. The van der Waals surface area contributed by atoms with Gasteiger partial charge < -0.3 is 0 Å². The number of alkyl halides is 3. The molecule has 0 aliphatic rings. The summed E-state index contributed by atoms with van der Waals surface area (Å²) in [6.07, 6.45) is -4.49. The largest absolute Gasteiger partial charge is 0.392 e. The van der Waals surface area contributed by atoms with Crippen molar-refractivity contribution in [3.63, 3.8) is 0 Å². The van der Waals surface area contributed by atoms with E-state index in [1.165, 1.54) is 0 Å². The molecule has 1 atom stereocenters. The van der Waals surface area contributed by atoms with Gasteiger partial charge in [0.15, 0.2) is 0 Å². The van der Waals surface area contributed by atoms with E-state index in [2.05, 4.69) is 4.18 Å². The quantitative estimate of drug-likeness (QED) is 0.724. The molecule has 0 fully saturated rings. The van der Waals surface area contributed by atoms with E-state index in [4.69, 9.17) is 0 Å². The zero-order chi connectivity index (χ0) is 15.2. The molecule has 0 N–H and O–H groups in total. The Hall–Kier alpha value is -1.08. The fourth-order valence-electron chi connectivity index (χ4n) is 1.72. The molecule has 7 heteroatoms. The summed E-state index contributed by atoms with van der Waals surface area (Å²) in [5.74, 6) is -2.91. The third-order valence-corrected chi connectivity index (χ3v) is 4.04. The molecule has 1 aromatic carbocycles. The summed E-state index contributed by atoms with van der Waals surface area (Å²) in [7, 11) is -4.20. The summed E-state index contributed by atoms with van der Waals surface area (Å²) in [5, 5.41) is 0. The van der Waals surface area contributed by atoms with Crippen LogP contribution in [0.5, 0.6) is 0 Å². The second kappa shape index (κ2) is 7.08. The lowest BCUT2D eigenvalue weighted by Gasteiger charge is -2.19. The minimum Gasteiger partial charge on any atom is -0.265 e. The van der Waals surface area contributed by atoms with Crippen LogP contribution < -0.4 is 0 Å². The molecular formula is C13H17F3O3S. The maximum Gasteiger partial charge on any atom is 0.392 e. The van der Waals surface area contributed by atoms with Gasteiger partial charge in [-0.15, -0.1) is 0 Å². The van der Waals surface area contributed by atoms with Crippen LogP contribution in [0.2, 0.25) is 0 Å². The highest BCUT2D eigenvalue weighted by Crippen LogP contribution is 2.31. The van der Waals surface area contributed by atoms with Crippen LogP contribution in [0.15, 0.2) is 30.3 Å². The van der Waals surface area contributed by atoms with Crippen molar-refractivity contribution in [3.8, 4) is 0 Å². The van der Waals surface area contributed by atoms with Gasteiger partial charge >= 0.3 is 6.18 Å². The van der Waals surface area contributed by atoms with Gasteiger partial charge in [0.2, 0.25) is 0 Å². The van der Waals surface area contributed by atoms with Gasteiger partial charge in [-0.05, 0) is 12.0 Å². The normalized spacial score (nSPS) is 14.2. The fourth-order valence-corrected chi connectivity index (χ4v) is 2.98. The topological polar surface area (TPSA) is 43.4 Å². The molecule has 1 rings (SSSR count). The lowest BCUT2D eigenvalue weighted by Crippen LogP contribution is -2.30. The van der Waals surface area contributed by atoms with Gasteiger partial charge in [0.05, 0.1) is 18.3 Å². The molecule has 0 aliphatic heterocycles. The van der Waals surface area contributed by atoms with Gasteiger partial charge in [0, 0.05) is 0 Å². The summed E-state index contributed by atoms with van der Waals surface area (Å²) in [5.41, 5.74) is 0.593. The van der Waals surface area contributed by atoms with E-state index < -0.39 is 28.0 Å². The molecule has 0 saturated carbocycles. The molecule has 1 unspecified atom stereocenters. The molecule has 0 spiro atoms. The highest BCUT2D eigenvalue weighted by Gasteiger charge is 2.41. The maximum atomic E-state index is 12.7. The van der Waals surface area contributed by atoms with Gasteiger partial charge in [-0.25, -0.2) is 0 Å². The first-order chi connectivity index (χ1) is 9.24. The van der Waals surface area contributed by atoms with E-state index in [9.17, 15) is 21.6 Å². The predicted octanol–water partition coefficient (Wildman–Crippen LogP) is 3.51. The average Bonchev–Trinajstić information content (AvgIpc) is 2.36. The van der Waals surface area contributed by atoms with E-state index in [0.717, 1.165) is 0 Å². The Labute approximate surface area is 116 Å². The Bertz CT molecular complexity index is 497. The zero-order valence-electron chi connectivity index (χ0n) is 11.1. The lowest BCUT2D eigenvalue weighted by molar-refractivity contribution is -0.170. The third-order valence-electron chi connectivity index (χ3n) is 2.75. The van der Waals surface area contributed by atoms with E-state index in [-0.39, 0.29) is 19.4 Å². The average molecular weight is 310 g/mol. The summed E-state index contributed by atoms with van der Waals surface area (Å²) in [6, 6.07) is 8.42. The smallest absolute Gasteiger partial charge is 0.265 e. The Morgan fingerprint density at radius 3 is 2.30 bits per heavy atom.